The summed E-state index contributed by atoms with van der Waals surface area (Å²) in [5.41, 5.74) is 11.7. The summed E-state index contributed by atoms with van der Waals surface area (Å²) in [4.78, 5) is 15.5. The molecule has 0 fully saturated rings. The van der Waals surface area contributed by atoms with E-state index in [1.165, 1.54) is 0 Å². The average molecular weight is 361 g/mol. The van der Waals surface area contributed by atoms with Crippen molar-refractivity contribution in [1.82, 2.24) is 0 Å². The first-order valence-corrected chi connectivity index (χ1v) is 11.1. The molecule has 0 saturated carbocycles. The third kappa shape index (κ3) is 4.90. The number of nitrogens with zero attached hydrogens (tertiary/aromatic N) is 2. The number of carbonyl (C=O) groups excluding carboxylic acids is 1. The molecule has 6 heteroatoms. The van der Waals surface area contributed by atoms with Crippen LogP contribution in [-0.4, -0.2) is 24.8 Å². The lowest BCUT2D eigenvalue weighted by Gasteiger charge is -2.36. The third-order valence-electron chi connectivity index (χ3n) is 4.54. The fourth-order valence-corrected chi connectivity index (χ4v) is 3.21. The number of carbonyl (C=O) groups is 1. The van der Waals surface area contributed by atoms with Gasteiger partial charge in [-0.05, 0) is 56.6 Å². The van der Waals surface area contributed by atoms with Crippen LogP contribution >= 0.6 is 0 Å². The van der Waals surface area contributed by atoms with Crippen LogP contribution in [0.15, 0.2) is 24.5 Å². The van der Waals surface area contributed by atoms with Crippen LogP contribution in [0.25, 0.3) is 5.53 Å². The van der Waals surface area contributed by atoms with E-state index >= 15 is 0 Å². The first-order chi connectivity index (χ1) is 11.3. The highest BCUT2D eigenvalue weighted by Gasteiger charge is 2.42. The summed E-state index contributed by atoms with van der Waals surface area (Å²) < 4.78 is 11.4. The summed E-state index contributed by atoms with van der Waals surface area (Å²) in [6.07, 6.45) is 0. The lowest BCUT2D eigenvalue weighted by molar-refractivity contribution is -0.131. The summed E-state index contributed by atoms with van der Waals surface area (Å²) in [6.45, 7) is 19.7. The highest BCUT2D eigenvalue weighted by molar-refractivity contribution is 6.74. The number of aryl methyl sites for hydroxylation is 3. The molecular weight excluding hydrogens is 332 g/mol. The molecule has 0 heterocycles. The van der Waals surface area contributed by atoms with Crippen molar-refractivity contribution in [3.8, 4) is 5.75 Å². The second-order valence-corrected chi connectivity index (χ2v) is 12.6. The molecule has 0 aliphatic carbocycles. The molecule has 1 rings (SSSR count). The van der Waals surface area contributed by atoms with Crippen LogP contribution in [0, 0.1) is 20.8 Å². The summed E-state index contributed by atoms with van der Waals surface area (Å²) in [7, 11) is -2.21. The Labute approximate surface area is 151 Å². The lowest BCUT2D eigenvalue weighted by Crippen LogP contribution is -2.42. The van der Waals surface area contributed by atoms with E-state index in [9.17, 15) is 10.3 Å². The molecule has 0 radical (unpaired) electrons. The number of hydrogen-bond donors (Lipinski definition) is 0. The average Bonchev–Trinajstić information content (AvgIpc) is 2.41. The second-order valence-electron chi connectivity index (χ2n) is 7.85. The normalized spacial score (nSPS) is 11.5. The SMILES string of the molecule is C=C(O[Si](C)(C)C(C)(C)C)C(=[N+]=[N-])C(=O)Oc1c(C)cc(C)cc1C. The molecule has 0 spiro atoms. The Bertz CT molecular complexity index is 731. The zero-order chi connectivity index (χ0) is 19.6. The lowest BCUT2D eigenvalue weighted by atomic mass is 10.1. The minimum atomic E-state index is -2.21. The molecule has 0 N–H and O–H groups in total. The van der Waals surface area contributed by atoms with Crippen molar-refractivity contribution in [2.45, 2.75) is 59.7 Å². The van der Waals surface area contributed by atoms with Gasteiger partial charge in [0.25, 0.3) is 8.32 Å². The Morgan fingerprint density at radius 2 is 1.64 bits per heavy atom. The van der Waals surface area contributed by atoms with E-state index in [4.69, 9.17) is 9.16 Å². The maximum Gasteiger partial charge on any atom is 0.438 e. The molecule has 0 amide bonds. The standard InChI is InChI=1S/C19H28N2O3Si/c1-12-10-13(2)17(14(3)11-12)23-18(22)16(21-20)15(4)24-25(8,9)19(5,6)7/h10-11H,4H2,1-3,5-9H3. The van der Waals surface area contributed by atoms with Crippen LogP contribution in [0.4, 0.5) is 0 Å². The fourth-order valence-electron chi connectivity index (χ4n) is 2.19. The Kier molecular flexibility index (Phi) is 6.16. The number of esters is 1. The minimum Gasteiger partial charge on any atom is -0.538 e. The van der Waals surface area contributed by atoms with Gasteiger partial charge >= 0.3 is 11.7 Å². The van der Waals surface area contributed by atoms with Crippen LogP contribution in [-0.2, 0) is 9.22 Å². The van der Waals surface area contributed by atoms with Crippen LogP contribution in [0.2, 0.25) is 18.1 Å². The van der Waals surface area contributed by atoms with E-state index in [1.807, 2.05) is 46.0 Å². The molecule has 0 aliphatic rings. The zero-order valence-corrected chi connectivity index (χ0v) is 17.5. The minimum absolute atomic E-state index is 0.0292. The van der Waals surface area contributed by atoms with Crippen molar-refractivity contribution >= 4 is 20.0 Å². The van der Waals surface area contributed by atoms with Crippen molar-refractivity contribution in [2.24, 2.45) is 0 Å². The largest absolute Gasteiger partial charge is 0.538 e. The number of benzene rings is 1. The Morgan fingerprint density at radius 3 is 2.04 bits per heavy atom. The van der Waals surface area contributed by atoms with Gasteiger partial charge in [0.05, 0.1) is 0 Å². The molecule has 0 saturated heterocycles. The quantitative estimate of drug-likeness (QED) is 0.145. The van der Waals surface area contributed by atoms with Crippen molar-refractivity contribution in [3.05, 3.63) is 46.7 Å². The van der Waals surface area contributed by atoms with Gasteiger partial charge in [0, 0.05) is 0 Å². The summed E-state index contributed by atoms with van der Waals surface area (Å²) in [5.74, 6) is -0.306. The van der Waals surface area contributed by atoms with Gasteiger partial charge in [-0.1, -0.05) is 38.5 Å². The Balaban J connectivity index is 3.04. The van der Waals surface area contributed by atoms with Crippen molar-refractivity contribution in [3.63, 3.8) is 0 Å². The van der Waals surface area contributed by atoms with Gasteiger partial charge in [0.15, 0.2) is 5.76 Å². The number of rotatable bonds is 5. The summed E-state index contributed by atoms with van der Waals surface area (Å²) in [6, 6.07) is 3.85. The number of hydrogen-bond acceptors (Lipinski definition) is 3. The van der Waals surface area contributed by atoms with Gasteiger partial charge < -0.3 is 14.7 Å². The monoisotopic (exact) mass is 360 g/mol. The predicted molar refractivity (Wildman–Crippen MR) is 102 cm³/mol. The van der Waals surface area contributed by atoms with E-state index < -0.39 is 14.3 Å². The van der Waals surface area contributed by atoms with Gasteiger partial charge in [0.1, 0.15) is 5.75 Å². The molecule has 0 bridgehead atoms. The maximum atomic E-state index is 12.5. The predicted octanol–water partition coefficient (Wildman–Crippen LogP) is 4.72. The van der Waals surface area contributed by atoms with Crippen molar-refractivity contribution < 1.29 is 18.7 Å². The van der Waals surface area contributed by atoms with Crippen LogP contribution in [0.3, 0.4) is 0 Å². The first-order valence-electron chi connectivity index (χ1n) is 8.20. The second kappa shape index (κ2) is 7.38. The Hall–Kier alpha value is -2.17. The van der Waals surface area contributed by atoms with Gasteiger partial charge in [-0.15, -0.1) is 0 Å². The molecule has 1 aromatic carbocycles. The molecular formula is C19H28N2O3Si. The molecule has 0 aliphatic heterocycles. The van der Waals surface area contributed by atoms with Crippen molar-refractivity contribution in [1.29, 1.82) is 0 Å². The molecule has 0 aromatic heterocycles. The van der Waals surface area contributed by atoms with E-state index in [0.717, 1.165) is 16.7 Å². The number of ether oxygens (including phenoxy) is 1. The summed E-state index contributed by atoms with van der Waals surface area (Å²) in [5, 5.41) is -0.0788. The molecule has 25 heavy (non-hydrogen) atoms. The van der Waals surface area contributed by atoms with E-state index in [1.54, 1.807) is 0 Å². The van der Waals surface area contributed by atoms with Crippen molar-refractivity contribution in [2.75, 3.05) is 0 Å². The first kappa shape index (κ1) is 20.9. The molecule has 0 atom stereocenters. The Morgan fingerprint density at radius 1 is 1.16 bits per heavy atom. The highest BCUT2D eigenvalue weighted by atomic mass is 28.4. The highest BCUT2D eigenvalue weighted by Crippen LogP contribution is 2.37. The van der Waals surface area contributed by atoms with Gasteiger partial charge in [-0.3, -0.25) is 0 Å². The topological polar surface area (TPSA) is 71.9 Å². The molecule has 0 unspecified atom stereocenters. The van der Waals surface area contributed by atoms with Crippen LogP contribution in [0.1, 0.15) is 37.5 Å². The van der Waals surface area contributed by atoms with E-state index in [2.05, 4.69) is 32.1 Å². The molecule has 1 aromatic rings. The third-order valence-corrected chi connectivity index (χ3v) is 8.91. The maximum absolute atomic E-state index is 12.5. The zero-order valence-electron chi connectivity index (χ0n) is 16.5. The fraction of sp³-hybridized carbons (Fsp3) is 0.474. The van der Waals surface area contributed by atoms with Gasteiger partial charge in [-0.25, -0.2) is 4.79 Å². The molecule has 5 nitrogen and oxygen atoms in total. The van der Waals surface area contributed by atoms with E-state index in [-0.39, 0.29) is 16.5 Å². The molecule has 136 valence electrons. The summed E-state index contributed by atoms with van der Waals surface area (Å²) >= 11 is 0. The van der Waals surface area contributed by atoms with E-state index in [0.29, 0.717) is 5.75 Å². The van der Waals surface area contributed by atoms with Gasteiger partial charge in [-0.2, -0.15) is 4.79 Å². The van der Waals surface area contributed by atoms with Crippen LogP contribution in [0.5, 0.6) is 5.75 Å². The van der Waals surface area contributed by atoms with Gasteiger partial charge in [0.2, 0.25) is 0 Å². The van der Waals surface area contributed by atoms with Crippen LogP contribution < -0.4 is 4.74 Å². The smallest absolute Gasteiger partial charge is 0.438 e.